The minimum absolute atomic E-state index is 0.0307. The van der Waals surface area contributed by atoms with Crippen LogP contribution in [-0.2, 0) is 16.1 Å². The number of aliphatic carboxylic acids is 1. The Morgan fingerprint density at radius 2 is 2.17 bits per heavy atom. The lowest BCUT2D eigenvalue weighted by Crippen LogP contribution is -2.29. The van der Waals surface area contributed by atoms with Gasteiger partial charge in [-0.05, 0) is 52.2 Å². The number of carboxylic acids is 1. The van der Waals surface area contributed by atoms with Gasteiger partial charge in [-0.2, -0.15) is 0 Å². The summed E-state index contributed by atoms with van der Waals surface area (Å²) in [6, 6.07) is 1.96. The second-order valence-electron chi connectivity index (χ2n) is 4.48. The van der Waals surface area contributed by atoms with E-state index in [4.69, 9.17) is 5.11 Å². The summed E-state index contributed by atoms with van der Waals surface area (Å²) < 4.78 is 1.03. The average molecular weight is 332 g/mol. The summed E-state index contributed by atoms with van der Waals surface area (Å²) in [6.07, 6.45) is 1.75. The van der Waals surface area contributed by atoms with Gasteiger partial charge in [-0.3, -0.25) is 9.59 Å². The highest BCUT2D eigenvalue weighted by molar-refractivity contribution is 9.11. The second-order valence-corrected chi connectivity index (χ2v) is 6.72. The molecule has 1 heterocycles. The summed E-state index contributed by atoms with van der Waals surface area (Å²) in [4.78, 5) is 22.7. The van der Waals surface area contributed by atoms with E-state index >= 15 is 0 Å². The van der Waals surface area contributed by atoms with Crippen molar-refractivity contribution in [2.45, 2.75) is 25.8 Å². The fourth-order valence-corrected chi connectivity index (χ4v) is 3.46. The van der Waals surface area contributed by atoms with Gasteiger partial charge in [-0.25, -0.2) is 0 Å². The molecule has 1 amide bonds. The molecule has 0 aromatic carbocycles. The molecule has 1 fully saturated rings. The lowest BCUT2D eigenvalue weighted by molar-refractivity contribution is -0.141. The smallest absolute Gasteiger partial charge is 0.306 e. The molecule has 6 heteroatoms. The molecule has 1 aromatic heterocycles. The first kappa shape index (κ1) is 13.5. The Morgan fingerprint density at radius 3 is 2.72 bits per heavy atom. The van der Waals surface area contributed by atoms with Gasteiger partial charge in [0.2, 0.25) is 5.91 Å². The van der Waals surface area contributed by atoms with E-state index in [9.17, 15) is 9.59 Å². The highest BCUT2D eigenvalue weighted by atomic mass is 79.9. The molecular weight excluding hydrogens is 318 g/mol. The van der Waals surface area contributed by atoms with Crippen molar-refractivity contribution in [1.29, 1.82) is 0 Å². The third kappa shape index (κ3) is 3.11. The molecule has 0 unspecified atom stereocenters. The van der Waals surface area contributed by atoms with Crippen molar-refractivity contribution in [2.75, 3.05) is 0 Å². The zero-order valence-electron chi connectivity index (χ0n) is 9.69. The maximum atomic E-state index is 11.9. The Kier molecular flexibility index (Phi) is 4.40. The number of carbonyl (C=O) groups excluding carboxylic acids is 1. The zero-order valence-corrected chi connectivity index (χ0v) is 12.1. The first-order valence-corrected chi connectivity index (χ1v) is 7.47. The van der Waals surface area contributed by atoms with Crippen molar-refractivity contribution in [3.8, 4) is 0 Å². The molecule has 1 aliphatic rings. The van der Waals surface area contributed by atoms with E-state index in [1.165, 1.54) is 0 Å². The molecule has 0 saturated heterocycles. The molecular formula is C12H14BrNO3S. The van der Waals surface area contributed by atoms with E-state index in [1.54, 1.807) is 11.3 Å². The molecule has 0 bridgehead atoms. The van der Waals surface area contributed by atoms with Crippen LogP contribution in [0, 0.1) is 11.8 Å². The number of hydrogen-bond donors (Lipinski definition) is 2. The van der Waals surface area contributed by atoms with Crippen molar-refractivity contribution in [3.63, 3.8) is 0 Å². The highest BCUT2D eigenvalue weighted by Gasteiger charge is 2.33. The summed E-state index contributed by atoms with van der Waals surface area (Å²) in [5, 5.41) is 13.7. The molecule has 2 rings (SSSR count). The van der Waals surface area contributed by atoms with Crippen molar-refractivity contribution < 1.29 is 14.7 Å². The largest absolute Gasteiger partial charge is 0.481 e. The fourth-order valence-electron chi connectivity index (χ4n) is 2.22. The standard InChI is InChI=1S/C12H14BrNO3S/c13-10-9(3-4-18-10)6-14-11(15)7-1-2-8(5-7)12(16)17/h3-4,7-8H,1-2,5-6H2,(H,14,15)(H,16,17)/t7-,8+/m0/s1. The number of carbonyl (C=O) groups is 2. The molecule has 98 valence electrons. The maximum absolute atomic E-state index is 11.9. The van der Waals surface area contributed by atoms with Crippen LogP contribution in [0.1, 0.15) is 24.8 Å². The van der Waals surface area contributed by atoms with Gasteiger partial charge in [0.05, 0.1) is 9.70 Å². The predicted octanol–water partition coefficient (Wildman–Crippen LogP) is 2.63. The van der Waals surface area contributed by atoms with Gasteiger partial charge in [0.15, 0.2) is 0 Å². The van der Waals surface area contributed by atoms with Gasteiger partial charge < -0.3 is 10.4 Å². The molecule has 1 aromatic rings. The van der Waals surface area contributed by atoms with E-state index in [1.807, 2.05) is 11.4 Å². The number of amides is 1. The Hall–Kier alpha value is -0.880. The van der Waals surface area contributed by atoms with E-state index in [2.05, 4.69) is 21.2 Å². The summed E-state index contributed by atoms with van der Waals surface area (Å²) in [5.74, 6) is -1.32. The minimum atomic E-state index is -0.786. The number of nitrogens with one attached hydrogen (secondary N) is 1. The second kappa shape index (κ2) is 5.84. The number of carboxylic acid groups (broad SMARTS) is 1. The van der Waals surface area contributed by atoms with Crippen molar-refractivity contribution in [3.05, 3.63) is 20.8 Å². The number of halogens is 1. The Bertz CT molecular complexity index is 460. The Balaban J connectivity index is 1.83. The number of thiophene rings is 1. The van der Waals surface area contributed by atoms with Crippen LogP contribution >= 0.6 is 27.3 Å². The van der Waals surface area contributed by atoms with Gasteiger partial charge in [0.1, 0.15) is 0 Å². The van der Waals surface area contributed by atoms with E-state index < -0.39 is 5.97 Å². The summed E-state index contributed by atoms with van der Waals surface area (Å²) in [6.45, 7) is 0.497. The van der Waals surface area contributed by atoms with Crippen molar-refractivity contribution in [2.24, 2.45) is 11.8 Å². The monoisotopic (exact) mass is 331 g/mol. The molecule has 4 nitrogen and oxygen atoms in total. The molecule has 1 saturated carbocycles. The lowest BCUT2D eigenvalue weighted by atomic mass is 10.0. The topological polar surface area (TPSA) is 66.4 Å². The molecule has 0 radical (unpaired) electrons. The van der Waals surface area contributed by atoms with Crippen LogP contribution in [0.2, 0.25) is 0 Å². The van der Waals surface area contributed by atoms with Crippen LogP contribution in [0.5, 0.6) is 0 Å². The van der Waals surface area contributed by atoms with Crippen molar-refractivity contribution in [1.82, 2.24) is 5.32 Å². The van der Waals surface area contributed by atoms with Crippen LogP contribution in [0.4, 0.5) is 0 Å². The zero-order chi connectivity index (χ0) is 13.1. The van der Waals surface area contributed by atoms with E-state index in [0.29, 0.717) is 25.8 Å². The molecule has 0 spiro atoms. The fraction of sp³-hybridized carbons (Fsp3) is 0.500. The van der Waals surface area contributed by atoms with Crippen LogP contribution in [0.3, 0.4) is 0 Å². The van der Waals surface area contributed by atoms with Crippen LogP contribution in [-0.4, -0.2) is 17.0 Å². The van der Waals surface area contributed by atoms with Gasteiger partial charge in [-0.15, -0.1) is 11.3 Å². The van der Waals surface area contributed by atoms with Crippen LogP contribution in [0.15, 0.2) is 15.2 Å². The highest BCUT2D eigenvalue weighted by Crippen LogP contribution is 2.31. The number of hydrogen-bond acceptors (Lipinski definition) is 3. The Labute approximate surface area is 118 Å². The molecule has 2 N–H and O–H groups in total. The quantitative estimate of drug-likeness (QED) is 0.891. The van der Waals surface area contributed by atoms with Gasteiger partial charge >= 0.3 is 5.97 Å². The normalized spacial score (nSPS) is 22.9. The molecule has 0 aliphatic heterocycles. The lowest BCUT2D eigenvalue weighted by Gasteiger charge is -2.10. The first-order chi connectivity index (χ1) is 8.58. The molecule has 18 heavy (non-hydrogen) atoms. The third-order valence-electron chi connectivity index (χ3n) is 3.30. The Morgan fingerprint density at radius 1 is 1.44 bits per heavy atom. The minimum Gasteiger partial charge on any atom is -0.481 e. The van der Waals surface area contributed by atoms with Crippen LogP contribution < -0.4 is 5.32 Å². The maximum Gasteiger partial charge on any atom is 0.306 e. The predicted molar refractivity (Wildman–Crippen MR) is 72.3 cm³/mol. The van der Waals surface area contributed by atoms with Crippen molar-refractivity contribution >= 4 is 39.1 Å². The van der Waals surface area contributed by atoms with Gasteiger partial charge in [0, 0.05) is 12.5 Å². The van der Waals surface area contributed by atoms with Gasteiger partial charge in [-0.1, -0.05) is 0 Å². The third-order valence-corrected chi connectivity index (χ3v) is 5.11. The molecule has 2 atom stereocenters. The van der Waals surface area contributed by atoms with E-state index in [-0.39, 0.29) is 17.7 Å². The van der Waals surface area contributed by atoms with Gasteiger partial charge in [0.25, 0.3) is 0 Å². The molecule has 1 aliphatic carbocycles. The first-order valence-electron chi connectivity index (χ1n) is 5.80. The summed E-state index contributed by atoms with van der Waals surface area (Å²) in [5.41, 5.74) is 1.06. The van der Waals surface area contributed by atoms with Crippen LogP contribution in [0.25, 0.3) is 0 Å². The van der Waals surface area contributed by atoms with E-state index in [0.717, 1.165) is 9.35 Å². The number of rotatable bonds is 4. The average Bonchev–Trinajstić information content (AvgIpc) is 2.94. The summed E-state index contributed by atoms with van der Waals surface area (Å²) in [7, 11) is 0. The SMILES string of the molecule is O=C(O)[C@@H]1CC[C@H](C(=O)NCc2ccsc2Br)C1. The summed E-state index contributed by atoms with van der Waals surface area (Å²) >= 11 is 5.00.